The van der Waals surface area contributed by atoms with Gasteiger partial charge in [-0.1, -0.05) is 30.3 Å². The summed E-state index contributed by atoms with van der Waals surface area (Å²) in [7, 11) is 0. The minimum Gasteiger partial charge on any atom is -0.478 e. The van der Waals surface area contributed by atoms with Crippen LogP contribution in [0.1, 0.15) is 31.5 Å². The summed E-state index contributed by atoms with van der Waals surface area (Å²) >= 11 is 0. The number of carboxylic acids is 1. The summed E-state index contributed by atoms with van der Waals surface area (Å²) in [4.78, 5) is 15.5. The van der Waals surface area contributed by atoms with Gasteiger partial charge in [0.15, 0.2) is 5.82 Å². The molecule has 0 amide bonds. The van der Waals surface area contributed by atoms with Gasteiger partial charge < -0.3 is 20.7 Å². The first-order valence-electron chi connectivity index (χ1n) is 10.8. The number of aliphatic hydroxyl groups is 1. The van der Waals surface area contributed by atoms with Gasteiger partial charge in [0.2, 0.25) is 0 Å². The first-order chi connectivity index (χ1) is 16.2. The molecular formula is C26H26N4O4. The van der Waals surface area contributed by atoms with Crippen LogP contribution in [0.25, 0.3) is 22.7 Å². The summed E-state index contributed by atoms with van der Waals surface area (Å²) in [5.74, 6) is 0.586. The van der Waals surface area contributed by atoms with E-state index in [0.717, 1.165) is 23.1 Å². The number of rotatable bonds is 8. The summed E-state index contributed by atoms with van der Waals surface area (Å²) < 4.78 is 7.58. The molecule has 174 valence electrons. The van der Waals surface area contributed by atoms with Gasteiger partial charge in [-0.2, -0.15) is 5.10 Å². The lowest BCUT2D eigenvalue weighted by atomic mass is 9.96. The first kappa shape index (κ1) is 23.0. The minimum atomic E-state index is -1.07. The second-order valence-electron chi connectivity index (χ2n) is 8.56. The average molecular weight is 459 g/mol. The van der Waals surface area contributed by atoms with Gasteiger partial charge in [0, 0.05) is 17.2 Å². The molecule has 0 spiro atoms. The van der Waals surface area contributed by atoms with Crippen molar-refractivity contribution in [3.63, 3.8) is 0 Å². The molecule has 0 atom stereocenters. The van der Waals surface area contributed by atoms with Crippen molar-refractivity contribution in [2.45, 2.75) is 32.3 Å². The number of hydrogen-bond acceptors (Lipinski definition) is 6. The Morgan fingerprint density at radius 1 is 1.12 bits per heavy atom. The highest BCUT2D eigenvalue weighted by Gasteiger charge is 2.23. The Hall–Kier alpha value is -4.17. The maximum Gasteiger partial charge on any atom is 0.328 e. The zero-order valence-electron chi connectivity index (χ0n) is 19.0. The van der Waals surface area contributed by atoms with E-state index in [1.165, 1.54) is 6.33 Å². The van der Waals surface area contributed by atoms with Crippen LogP contribution in [-0.4, -0.2) is 36.4 Å². The Labute approximate surface area is 197 Å². The van der Waals surface area contributed by atoms with Crippen molar-refractivity contribution in [3.05, 3.63) is 78.3 Å². The molecule has 2 aromatic carbocycles. The van der Waals surface area contributed by atoms with E-state index in [0.29, 0.717) is 35.2 Å². The number of benzene rings is 2. The second kappa shape index (κ2) is 9.36. The molecule has 2 aromatic heterocycles. The number of carboxylic acid groups (broad SMARTS) is 1. The minimum absolute atomic E-state index is 0.272. The number of nitrogens with zero attached hydrogens (tertiary/aromatic N) is 3. The summed E-state index contributed by atoms with van der Waals surface area (Å²) in [6.07, 6.45) is 4.89. The van der Waals surface area contributed by atoms with Gasteiger partial charge in [0.1, 0.15) is 23.3 Å². The normalized spacial score (nSPS) is 11.9. The van der Waals surface area contributed by atoms with Crippen molar-refractivity contribution in [3.8, 4) is 22.6 Å². The number of aliphatic carboxylic acids is 1. The molecule has 0 saturated heterocycles. The number of nitrogens with two attached hydrogens (primary N) is 1. The number of aromatic nitrogens is 3. The maximum atomic E-state index is 11.3. The SMILES string of the molecule is CC(C)(O)CCc1c(/C=C/C(=O)O)c(-c2ccc(Oc3ccccc3)cc2)c2c(N)ncnn12. The Bertz CT molecular complexity index is 1340. The van der Waals surface area contributed by atoms with Crippen LogP contribution < -0.4 is 10.5 Å². The fraction of sp³-hybridized carbons (Fsp3) is 0.192. The molecule has 0 saturated carbocycles. The third-order valence-corrected chi connectivity index (χ3v) is 5.38. The Kier molecular flexibility index (Phi) is 6.34. The highest BCUT2D eigenvalue weighted by atomic mass is 16.5. The molecule has 4 rings (SSSR count). The first-order valence-corrected chi connectivity index (χ1v) is 10.8. The van der Waals surface area contributed by atoms with Crippen LogP contribution in [0.2, 0.25) is 0 Å². The Morgan fingerprint density at radius 2 is 1.79 bits per heavy atom. The van der Waals surface area contributed by atoms with Crippen molar-refractivity contribution < 1.29 is 19.7 Å². The smallest absolute Gasteiger partial charge is 0.328 e. The standard InChI is InChI=1S/C26H26N4O4/c1-26(2,33)15-14-21-20(12-13-22(31)32)23(24-25(27)28-16-29-30(21)24)17-8-10-19(11-9-17)34-18-6-4-3-5-7-18/h3-13,16,33H,14-15H2,1-2H3,(H,31,32)(H2,27,28,29)/b13-12+. The van der Waals surface area contributed by atoms with Gasteiger partial charge in [-0.3, -0.25) is 0 Å². The van der Waals surface area contributed by atoms with Crippen molar-refractivity contribution in [1.82, 2.24) is 14.6 Å². The van der Waals surface area contributed by atoms with Crippen LogP contribution in [0, 0.1) is 0 Å². The van der Waals surface area contributed by atoms with Crippen LogP contribution in [0.5, 0.6) is 11.5 Å². The molecule has 0 aliphatic rings. The van der Waals surface area contributed by atoms with E-state index < -0.39 is 11.6 Å². The Balaban J connectivity index is 1.85. The number of carbonyl (C=O) groups is 1. The van der Waals surface area contributed by atoms with Crippen LogP contribution in [0.15, 0.2) is 67.0 Å². The highest BCUT2D eigenvalue weighted by molar-refractivity contribution is 5.97. The molecule has 0 radical (unpaired) electrons. The second-order valence-corrected chi connectivity index (χ2v) is 8.56. The molecule has 0 unspecified atom stereocenters. The van der Waals surface area contributed by atoms with Gasteiger partial charge >= 0.3 is 5.97 Å². The summed E-state index contributed by atoms with van der Waals surface area (Å²) in [5.41, 5.74) is 8.85. The van der Waals surface area contributed by atoms with Crippen molar-refractivity contribution in [1.29, 1.82) is 0 Å². The van der Waals surface area contributed by atoms with Crippen LogP contribution in [-0.2, 0) is 11.2 Å². The molecule has 0 bridgehead atoms. The summed E-state index contributed by atoms with van der Waals surface area (Å²) in [6.45, 7) is 3.45. The number of hydrogen-bond donors (Lipinski definition) is 3. The van der Waals surface area contributed by atoms with E-state index in [9.17, 15) is 15.0 Å². The van der Waals surface area contributed by atoms with E-state index in [4.69, 9.17) is 10.5 Å². The number of fused-ring (bicyclic) bond motifs is 1. The lowest BCUT2D eigenvalue weighted by Gasteiger charge is -2.16. The number of anilines is 1. The van der Waals surface area contributed by atoms with Gasteiger partial charge in [-0.15, -0.1) is 0 Å². The number of para-hydroxylation sites is 1. The largest absolute Gasteiger partial charge is 0.478 e. The van der Waals surface area contributed by atoms with Gasteiger partial charge in [-0.25, -0.2) is 14.3 Å². The molecule has 0 fully saturated rings. The lowest BCUT2D eigenvalue weighted by Crippen LogP contribution is -2.20. The molecule has 0 aliphatic carbocycles. The zero-order chi connectivity index (χ0) is 24.3. The highest BCUT2D eigenvalue weighted by Crippen LogP contribution is 2.38. The van der Waals surface area contributed by atoms with Gasteiger partial charge in [0.05, 0.1) is 11.3 Å². The molecule has 8 nitrogen and oxygen atoms in total. The fourth-order valence-electron chi connectivity index (χ4n) is 3.80. The number of aryl methyl sites for hydroxylation is 1. The molecular weight excluding hydrogens is 432 g/mol. The quantitative estimate of drug-likeness (QED) is 0.330. The number of ether oxygens (including phenoxy) is 1. The van der Waals surface area contributed by atoms with E-state index in [1.807, 2.05) is 54.6 Å². The maximum absolute atomic E-state index is 11.3. The van der Waals surface area contributed by atoms with Crippen molar-refractivity contribution >= 4 is 23.4 Å². The van der Waals surface area contributed by atoms with Crippen LogP contribution in [0.4, 0.5) is 5.82 Å². The fourth-order valence-corrected chi connectivity index (χ4v) is 3.80. The van der Waals surface area contributed by atoms with E-state index in [1.54, 1.807) is 24.4 Å². The van der Waals surface area contributed by atoms with Crippen LogP contribution in [0.3, 0.4) is 0 Å². The monoisotopic (exact) mass is 458 g/mol. The van der Waals surface area contributed by atoms with Crippen molar-refractivity contribution in [2.75, 3.05) is 5.73 Å². The number of nitrogen functional groups attached to an aromatic ring is 1. The van der Waals surface area contributed by atoms with Crippen LogP contribution >= 0.6 is 0 Å². The topological polar surface area (TPSA) is 123 Å². The van der Waals surface area contributed by atoms with Gasteiger partial charge in [-0.05, 0) is 62.6 Å². The molecule has 2 heterocycles. The molecule has 0 aliphatic heterocycles. The van der Waals surface area contributed by atoms with Gasteiger partial charge in [0.25, 0.3) is 0 Å². The predicted molar refractivity (Wildman–Crippen MR) is 131 cm³/mol. The Morgan fingerprint density at radius 3 is 2.44 bits per heavy atom. The van der Waals surface area contributed by atoms with E-state index in [-0.39, 0.29) is 5.82 Å². The zero-order valence-corrected chi connectivity index (χ0v) is 19.0. The molecule has 8 heteroatoms. The van der Waals surface area contributed by atoms with E-state index in [2.05, 4.69) is 10.1 Å². The predicted octanol–water partition coefficient (Wildman–Crippen LogP) is 4.57. The summed E-state index contributed by atoms with van der Waals surface area (Å²) in [6, 6.07) is 16.9. The molecule has 4 aromatic rings. The summed E-state index contributed by atoms with van der Waals surface area (Å²) in [5, 5.41) is 24.0. The third-order valence-electron chi connectivity index (χ3n) is 5.38. The van der Waals surface area contributed by atoms with E-state index >= 15 is 0 Å². The molecule has 4 N–H and O–H groups in total. The molecule has 34 heavy (non-hydrogen) atoms. The average Bonchev–Trinajstić information content (AvgIpc) is 3.11. The van der Waals surface area contributed by atoms with Crippen molar-refractivity contribution in [2.24, 2.45) is 0 Å². The third kappa shape index (κ3) is 5.07. The lowest BCUT2D eigenvalue weighted by molar-refractivity contribution is -0.131.